The Morgan fingerprint density at radius 1 is 0.957 bits per heavy atom. The summed E-state index contributed by atoms with van der Waals surface area (Å²) < 4.78 is 0. The SMILES string of the molecule is CCCCc1ccc(N=Cc2c(O)ccc3ccccc23)cc1. The Labute approximate surface area is 137 Å². The number of aliphatic imine (C=N–C) groups is 1. The van der Waals surface area contributed by atoms with Crippen LogP contribution in [0, 0.1) is 0 Å². The predicted molar refractivity (Wildman–Crippen MR) is 97.9 cm³/mol. The maximum absolute atomic E-state index is 10.1. The van der Waals surface area contributed by atoms with Crippen molar-refractivity contribution in [2.75, 3.05) is 0 Å². The van der Waals surface area contributed by atoms with Crippen LogP contribution in [0.4, 0.5) is 5.69 Å². The number of phenolic OH excluding ortho intramolecular Hbond substituents is 1. The number of phenols is 1. The fourth-order valence-electron chi connectivity index (χ4n) is 2.69. The summed E-state index contributed by atoms with van der Waals surface area (Å²) in [6, 6.07) is 20.0. The molecule has 0 aromatic heterocycles. The molecule has 0 amide bonds. The fourth-order valence-corrected chi connectivity index (χ4v) is 2.69. The van der Waals surface area contributed by atoms with Gasteiger partial charge in [-0.3, -0.25) is 4.99 Å². The number of hydrogen-bond donors (Lipinski definition) is 1. The van der Waals surface area contributed by atoms with Gasteiger partial charge in [0.25, 0.3) is 0 Å². The third kappa shape index (κ3) is 3.59. The summed E-state index contributed by atoms with van der Waals surface area (Å²) in [5, 5.41) is 12.2. The first-order chi connectivity index (χ1) is 11.3. The molecule has 0 radical (unpaired) electrons. The summed E-state index contributed by atoms with van der Waals surface area (Å²) in [6.45, 7) is 2.20. The van der Waals surface area contributed by atoms with Crippen molar-refractivity contribution in [2.24, 2.45) is 4.99 Å². The first kappa shape index (κ1) is 15.3. The van der Waals surface area contributed by atoms with Gasteiger partial charge in [0, 0.05) is 11.8 Å². The molecule has 3 aromatic rings. The lowest BCUT2D eigenvalue weighted by Crippen LogP contribution is -1.86. The van der Waals surface area contributed by atoms with Gasteiger partial charge in [-0.05, 0) is 47.4 Å². The van der Waals surface area contributed by atoms with E-state index in [-0.39, 0.29) is 5.75 Å². The van der Waals surface area contributed by atoms with Crippen LogP contribution in [0.2, 0.25) is 0 Å². The van der Waals surface area contributed by atoms with Crippen LogP contribution in [0.15, 0.2) is 65.7 Å². The van der Waals surface area contributed by atoms with Crippen LogP contribution < -0.4 is 0 Å². The Morgan fingerprint density at radius 3 is 2.52 bits per heavy atom. The largest absolute Gasteiger partial charge is 0.507 e. The van der Waals surface area contributed by atoms with E-state index in [4.69, 9.17) is 0 Å². The van der Waals surface area contributed by atoms with E-state index in [0.29, 0.717) is 0 Å². The topological polar surface area (TPSA) is 32.6 Å². The van der Waals surface area contributed by atoms with E-state index in [1.807, 2.05) is 42.5 Å². The van der Waals surface area contributed by atoms with Crippen LogP contribution in [-0.2, 0) is 6.42 Å². The number of aromatic hydroxyl groups is 1. The number of fused-ring (bicyclic) bond motifs is 1. The average Bonchev–Trinajstić information content (AvgIpc) is 2.60. The number of aryl methyl sites for hydroxylation is 1. The molecule has 0 aliphatic carbocycles. The molecular weight excluding hydrogens is 282 g/mol. The minimum absolute atomic E-state index is 0.256. The van der Waals surface area contributed by atoms with Crippen LogP contribution in [0.25, 0.3) is 10.8 Å². The number of rotatable bonds is 5. The fraction of sp³-hybridized carbons (Fsp3) is 0.190. The van der Waals surface area contributed by atoms with Crippen LogP contribution in [0.5, 0.6) is 5.75 Å². The zero-order chi connectivity index (χ0) is 16.1. The zero-order valence-corrected chi connectivity index (χ0v) is 13.4. The first-order valence-corrected chi connectivity index (χ1v) is 8.11. The van der Waals surface area contributed by atoms with E-state index in [0.717, 1.165) is 28.4 Å². The maximum atomic E-state index is 10.1. The molecule has 0 atom stereocenters. The zero-order valence-electron chi connectivity index (χ0n) is 13.4. The normalized spacial score (nSPS) is 11.3. The lowest BCUT2D eigenvalue weighted by Gasteiger charge is -2.05. The molecule has 23 heavy (non-hydrogen) atoms. The summed E-state index contributed by atoms with van der Waals surface area (Å²) >= 11 is 0. The highest BCUT2D eigenvalue weighted by Crippen LogP contribution is 2.26. The second-order valence-corrected chi connectivity index (χ2v) is 5.75. The Balaban J connectivity index is 1.87. The minimum Gasteiger partial charge on any atom is -0.507 e. The molecule has 3 rings (SSSR count). The molecule has 0 saturated heterocycles. The summed E-state index contributed by atoms with van der Waals surface area (Å²) in [5.74, 6) is 0.256. The van der Waals surface area contributed by atoms with Crippen LogP contribution in [0.1, 0.15) is 30.9 Å². The molecule has 2 nitrogen and oxygen atoms in total. The predicted octanol–water partition coefficient (Wildman–Crippen LogP) is 5.64. The van der Waals surface area contributed by atoms with Crippen LogP contribution in [-0.4, -0.2) is 11.3 Å². The van der Waals surface area contributed by atoms with E-state index < -0.39 is 0 Å². The van der Waals surface area contributed by atoms with Gasteiger partial charge in [-0.15, -0.1) is 0 Å². The molecule has 2 heteroatoms. The molecule has 1 N–H and O–H groups in total. The van der Waals surface area contributed by atoms with Gasteiger partial charge in [-0.1, -0.05) is 55.8 Å². The van der Waals surface area contributed by atoms with Crippen LogP contribution in [0.3, 0.4) is 0 Å². The molecule has 0 spiro atoms. The standard InChI is InChI=1S/C21H21NO/c1-2-3-6-16-9-12-18(13-10-16)22-15-20-19-8-5-4-7-17(19)11-14-21(20)23/h4-5,7-15,23H,2-3,6H2,1H3. The molecule has 0 aliphatic rings. The highest BCUT2D eigenvalue weighted by Gasteiger charge is 2.04. The molecule has 116 valence electrons. The number of hydrogen-bond acceptors (Lipinski definition) is 2. The molecule has 0 fully saturated rings. The van der Waals surface area contributed by atoms with E-state index in [1.165, 1.54) is 18.4 Å². The summed E-state index contributed by atoms with van der Waals surface area (Å²) in [7, 11) is 0. The quantitative estimate of drug-likeness (QED) is 0.608. The van der Waals surface area contributed by atoms with Gasteiger partial charge in [0.1, 0.15) is 5.75 Å². The van der Waals surface area contributed by atoms with Gasteiger partial charge in [0.05, 0.1) is 5.69 Å². The van der Waals surface area contributed by atoms with Crippen molar-refractivity contribution >= 4 is 22.7 Å². The summed E-state index contributed by atoms with van der Waals surface area (Å²) in [6.07, 6.45) is 5.29. The second-order valence-electron chi connectivity index (χ2n) is 5.75. The van der Waals surface area contributed by atoms with E-state index >= 15 is 0 Å². The van der Waals surface area contributed by atoms with Gasteiger partial charge in [-0.2, -0.15) is 0 Å². The summed E-state index contributed by atoms with van der Waals surface area (Å²) in [4.78, 5) is 4.52. The van der Waals surface area contributed by atoms with Gasteiger partial charge in [0.2, 0.25) is 0 Å². The number of nitrogens with zero attached hydrogens (tertiary/aromatic N) is 1. The Bertz CT molecular complexity index is 819. The highest BCUT2D eigenvalue weighted by atomic mass is 16.3. The molecule has 0 saturated carbocycles. The first-order valence-electron chi connectivity index (χ1n) is 8.11. The monoisotopic (exact) mass is 303 g/mol. The van der Waals surface area contributed by atoms with Crippen molar-refractivity contribution in [3.63, 3.8) is 0 Å². The molecule has 3 aromatic carbocycles. The van der Waals surface area contributed by atoms with Crippen molar-refractivity contribution < 1.29 is 5.11 Å². The molecule has 0 unspecified atom stereocenters. The minimum atomic E-state index is 0.256. The van der Waals surface area contributed by atoms with Gasteiger partial charge >= 0.3 is 0 Å². The third-order valence-electron chi connectivity index (χ3n) is 4.05. The second kappa shape index (κ2) is 7.10. The van der Waals surface area contributed by atoms with E-state index in [9.17, 15) is 5.11 Å². The molecule has 0 bridgehead atoms. The van der Waals surface area contributed by atoms with E-state index in [2.05, 4.69) is 24.0 Å². The molecular formula is C21H21NO. The van der Waals surface area contributed by atoms with Crippen molar-refractivity contribution in [2.45, 2.75) is 26.2 Å². The Kier molecular flexibility index (Phi) is 4.72. The summed E-state index contributed by atoms with van der Waals surface area (Å²) in [5.41, 5.74) is 3.01. The van der Waals surface area contributed by atoms with Gasteiger partial charge in [-0.25, -0.2) is 0 Å². The van der Waals surface area contributed by atoms with Crippen molar-refractivity contribution in [1.82, 2.24) is 0 Å². The van der Waals surface area contributed by atoms with Gasteiger partial charge in [0.15, 0.2) is 0 Å². The molecule has 0 aliphatic heterocycles. The number of benzene rings is 3. The Morgan fingerprint density at radius 2 is 1.74 bits per heavy atom. The average molecular weight is 303 g/mol. The van der Waals surface area contributed by atoms with Gasteiger partial charge < -0.3 is 5.11 Å². The highest BCUT2D eigenvalue weighted by molar-refractivity contribution is 6.02. The maximum Gasteiger partial charge on any atom is 0.124 e. The van der Waals surface area contributed by atoms with Crippen molar-refractivity contribution in [3.05, 3.63) is 71.8 Å². The Hall–Kier alpha value is -2.61. The van der Waals surface area contributed by atoms with Crippen molar-refractivity contribution in [3.8, 4) is 5.75 Å². The molecule has 0 heterocycles. The number of unbranched alkanes of at least 4 members (excludes halogenated alkanes) is 1. The van der Waals surface area contributed by atoms with Crippen molar-refractivity contribution in [1.29, 1.82) is 0 Å². The smallest absolute Gasteiger partial charge is 0.124 e. The van der Waals surface area contributed by atoms with Crippen LogP contribution >= 0.6 is 0 Å². The lowest BCUT2D eigenvalue weighted by molar-refractivity contribution is 0.475. The lowest BCUT2D eigenvalue weighted by atomic mass is 10.0. The van der Waals surface area contributed by atoms with E-state index in [1.54, 1.807) is 12.3 Å². The third-order valence-corrected chi connectivity index (χ3v) is 4.05.